The predicted octanol–water partition coefficient (Wildman–Crippen LogP) is 3.93. The zero-order chi connectivity index (χ0) is 16.7. The first-order valence-corrected chi connectivity index (χ1v) is 8.55. The van der Waals surface area contributed by atoms with Crippen LogP contribution in [0.2, 0.25) is 0 Å². The maximum absolute atomic E-state index is 12.9. The predicted molar refractivity (Wildman–Crippen MR) is 95.4 cm³/mol. The molecule has 0 bridgehead atoms. The van der Waals surface area contributed by atoms with Gasteiger partial charge < -0.3 is 5.32 Å². The van der Waals surface area contributed by atoms with Crippen molar-refractivity contribution in [1.82, 2.24) is 9.97 Å². The molecule has 0 fully saturated rings. The number of anilines is 2. The van der Waals surface area contributed by atoms with E-state index in [0.29, 0.717) is 11.4 Å². The Bertz CT molecular complexity index is 903. The zero-order valence-corrected chi connectivity index (χ0v) is 14.2. The van der Waals surface area contributed by atoms with E-state index in [1.165, 1.54) is 11.3 Å². The number of hydrogen-bond donors (Lipinski definition) is 1. The molecular weight excluding hydrogens is 320 g/mol. The Kier molecular flexibility index (Phi) is 3.54. The molecule has 5 nitrogen and oxygen atoms in total. The van der Waals surface area contributed by atoms with Crippen LogP contribution in [0, 0.1) is 13.8 Å². The third-order valence-electron chi connectivity index (χ3n) is 3.98. The van der Waals surface area contributed by atoms with Gasteiger partial charge in [-0.25, -0.2) is 9.97 Å². The van der Waals surface area contributed by atoms with Crippen LogP contribution in [0.4, 0.5) is 10.9 Å². The number of hydrogen-bond acceptors (Lipinski definition) is 5. The minimum absolute atomic E-state index is 0.0484. The van der Waals surface area contributed by atoms with Crippen LogP contribution < -0.4 is 10.2 Å². The Labute approximate surface area is 144 Å². The first-order valence-electron chi connectivity index (χ1n) is 7.67. The monoisotopic (exact) mass is 336 g/mol. The molecule has 0 saturated carbocycles. The van der Waals surface area contributed by atoms with E-state index in [0.717, 1.165) is 22.0 Å². The highest BCUT2D eigenvalue weighted by Crippen LogP contribution is 2.37. The highest BCUT2D eigenvalue weighted by Gasteiger charge is 2.38. The number of nitrogens with zero attached hydrogens (tertiary/aromatic N) is 3. The number of thiazole rings is 1. The van der Waals surface area contributed by atoms with E-state index in [-0.39, 0.29) is 12.1 Å². The van der Waals surface area contributed by atoms with Gasteiger partial charge in [0.25, 0.3) is 5.91 Å². The van der Waals surface area contributed by atoms with E-state index in [4.69, 9.17) is 0 Å². The Morgan fingerprint density at radius 1 is 1.17 bits per heavy atom. The van der Waals surface area contributed by atoms with E-state index < -0.39 is 0 Å². The van der Waals surface area contributed by atoms with Crippen molar-refractivity contribution in [3.63, 3.8) is 0 Å². The summed E-state index contributed by atoms with van der Waals surface area (Å²) in [6.07, 6.45) is 1.46. The summed E-state index contributed by atoms with van der Waals surface area (Å²) in [5, 5.41) is 6.16. The minimum Gasteiger partial charge on any atom is -0.337 e. The third-order valence-corrected chi connectivity index (χ3v) is 4.88. The largest absolute Gasteiger partial charge is 0.337 e. The molecule has 1 atom stereocenters. The molecule has 6 heteroatoms. The van der Waals surface area contributed by atoms with Gasteiger partial charge in [0.05, 0.1) is 5.69 Å². The fourth-order valence-electron chi connectivity index (χ4n) is 2.83. The lowest BCUT2D eigenvalue weighted by Crippen LogP contribution is -2.32. The van der Waals surface area contributed by atoms with Crippen molar-refractivity contribution < 1.29 is 4.79 Å². The Balaban J connectivity index is 1.78. The molecule has 3 aromatic rings. The number of aryl methyl sites for hydroxylation is 2. The summed E-state index contributed by atoms with van der Waals surface area (Å²) in [5.74, 6) is 0.584. The van der Waals surface area contributed by atoms with Crippen molar-refractivity contribution in [1.29, 1.82) is 0 Å². The van der Waals surface area contributed by atoms with Crippen LogP contribution in [0.15, 0.2) is 48.0 Å². The van der Waals surface area contributed by atoms with E-state index >= 15 is 0 Å². The molecule has 0 spiro atoms. The summed E-state index contributed by atoms with van der Waals surface area (Å²) in [6, 6.07) is 11.5. The SMILES string of the molecule is Cc1ccc(N2C(=O)c3ccccc3C2Nc2nc(C)cs2)nc1. The topological polar surface area (TPSA) is 58.1 Å². The van der Waals surface area contributed by atoms with E-state index in [2.05, 4.69) is 15.3 Å². The van der Waals surface area contributed by atoms with E-state index in [9.17, 15) is 4.79 Å². The lowest BCUT2D eigenvalue weighted by molar-refractivity contribution is 0.0992. The maximum atomic E-state index is 12.9. The molecule has 1 aliphatic rings. The fraction of sp³-hybridized carbons (Fsp3) is 0.167. The molecule has 1 unspecified atom stereocenters. The van der Waals surface area contributed by atoms with Crippen LogP contribution in [0.3, 0.4) is 0 Å². The zero-order valence-electron chi connectivity index (χ0n) is 13.4. The van der Waals surface area contributed by atoms with Crippen LogP contribution in [-0.2, 0) is 0 Å². The molecule has 1 amide bonds. The van der Waals surface area contributed by atoms with Crippen molar-refractivity contribution in [3.8, 4) is 0 Å². The molecule has 0 radical (unpaired) electrons. The van der Waals surface area contributed by atoms with Crippen LogP contribution in [0.5, 0.6) is 0 Å². The second-order valence-electron chi connectivity index (χ2n) is 5.80. The van der Waals surface area contributed by atoms with Gasteiger partial charge in [0.2, 0.25) is 0 Å². The number of amides is 1. The molecule has 120 valence electrons. The van der Waals surface area contributed by atoms with Gasteiger partial charge in [0.1, 0.15) is 12.0 Å². The second-order valence-corrected chi connectivity index (χ2v) is 6.66. The third kappa shape index (κ3) is 2.45. The molecular formula is C18H16N4OS. The summed E-state index contributed by atoms with van der Waals surface area (Å²) in [6.45, 7) is 3.93. The van der Waals surface area contributed by atoms with E-state index in [1.807, 2.05) is 55.6 Å². The maximum Gasteiger partial charge on any atom is 0.261 e. The number of nitrogens with one attached hydrogen (secondary N) is 1. The fourth-order valence-corrected chi connectivity index (χ4v) is 3.55. The standard InChI is InChI=1S/C18H16N4OS/c1-11-7-8-15(19-9-11)22-16(21-18-20-12(2)10-24-18)13-5-3-4-6-14(13)17(22)23/h3-10,16H,1-2H3,(H,20,21). The van der Waals surface area contributed by atoms with E-state index in [1.54, 1.807) is 11.1 Å². The number of aromatic nitrogens is 2. The van der Waals surface area contributed by atoms with Gasteiger partial charge >= 0.3 is 0 Å². The Hall–Kier alpha value is -2.73. The second kappa shape index (κ2) is 5.72. The number of pyridine rings is 1. The van der Waals surface area contributed by atoms with Crippen LogP contribution in [0.25, 0.3) is 0 Å². The van der Waals surface area contributed by atoms with Gasteiger partial charge in [0, 0.05) is 22.7 Å². The van der Waals surface area contributed by atoms with Crippen molar-refractivity contribution in [2.75, 3.05) is 10.2 Å². The summed E-state index contributed by atoms with van der Waals surface area (Å²) in [7, 11) is 0. The van der Waals surface area contributed by atoms with Crippen LogP contribution >= 0.6 is 11.3 Å². The quantitative estimate of drug-likeness (QED) is 0.787. The Morgan fingerprint density at radius 2 is 2.00 bits per heavy atom. The molecule has 1 aromatic carbocycles. The highest BCUT2D eigenvalue weighted by atomic mass is 32.1. The van der Waals surface area contributed by atoms with Gasteiger partial charge in [-0.05, 0) is 31.5 Å². The first-order chi connectivity index (χ1) is 11.6. The van der Waals surface area contributed by atoms with Crippen molar-refractivity contribution in [2.45, 2.75) is 20.0 Å². The lowest BCUT2D eigenvalue weighted by atomic mass is 10.1. The number of rotatable bonds is 3. The lowest BCUT2D eigenvalue weighted by Gasteiger charge is -2.25. The normalized spacial score (nSPS) is 16.3. The summed E-state index contributed by atoms with van der Waals surface area (Å²) in [4.78, 5) is 23.5. The molecule has 4 rings (SSSR count). The minimum atomic E-state index is -0.311. The van der Waals surface area contributed by atoms with Crippen LogP contribution in [0.1, 0.15) is 33.3 Å². The number of carbonyl (C=O) groups is 1. The van der Waals surface area contributed by atoms with Gasteiger partial charge in [0.15, 0.2) is 5.13 Å². The van der Waals surface area contributed by atoms with Gasteiger partial charge in [-0.15, -0.1) is 11.3 Å². The molecule has 0 saturated heterocycles. The van der Waals surface area contributed by atoms with Crippen LogP contribution in [-0.4, -0.2) is 15.9 Å². The van der Waals surface area contributed by atoms with Crippen molar-refractivity contribution >= 4 is 28.2 Å². The molecule has 3 heterocycles. The Morgan fingerprint density at radius 3 is 2.71 bits per heavy atom. The number of carbonyl (C=O) groups excluding carboxylic acids is 1. The smallest absolute Gasteiger partial charge is 0.261 e. The highest BCUT2D eigenvalue weighted by molar-refractivity contribution is 7.13. The molecule has 1 N–H and O–H groups in total. The number of fused-ring (bicyclic) bond motifs is 1. The van der Waals surface area contributed by atoms with Crippen molar-refractivity contribution in [3.05, 3.63) is 70.4 Å². The summed E-state index contributed by atoms with van der Waals surface area (Å²) >= 11 is 1.53. The average Bonchev–Trinajstić information content (AvgIpc) is 3.11. The summed E-state index contributed by atoms with van der Waals surface area (Å²) in [5.41, 5.74) is 3.66. The summed E-state index contributed by atoms with van der Waals surface area (Å²) < 4.78 is 0. The molecule has 1 aliphatic heterocycles. The van der Waals surface area contributed by atoms with Gasteiger partial charge in [-0.3, -0.25) is 9.69 Å². The van der Waals surface area contributed by atoms with Crippen molar-refractivity contribution in [2.24, 2.45) is 0 Å². The molecule has 2 aromatic heterocycles. The number of benzene rings is 1. The average molecular weight is 336 g/mol. The molecule has 24 heavy (non-hydrogen) atoms. The van der Waals surface area contributed by atoms with Gasteiger partial charge in [-0.2, -0.15) is 0 Å². The first kappa shape index (κ1) is 14.8. The van der Waals surface area contributed by atoms with Gasteiger partial charge in [-0.1, -0.05) is 24.3 Å². The molecule has 0 aliphatic carbocycles.